The van der Waals surface area contributed by atoms with E-state index in [4.69, 9.17) is 11.6 Å². The van der Waals surface area contributed by atoms with Gasteiger partial charge < -0.3 is 0 Å². The quantitative estimate of drug-likeness (QED) is 0.613. The largest absolute Gasteiger partial charge is 0.0840 e. The van der Waals surface area contributed by atoms with Crippen molar-refractivity contribution in [2.24, 2.45) is 0 Å². The van der Waals surface area contributed by atoms with Crippen LogP contribution in [0.2, 0.25) is 5.02 Å². The van der Waals surface area contributed by atoms with Crippen molar-refractivity contribution in [2.75, 3.05) is 0 Å². The van der Waals surface area contributed by atoms with Gasteiger partial charge in [-0.3, -0.25) is 0 Å². The van der Waals surface area contributed by atoms with E-state index in [1.807, 2.05) is 0 Å². The van der Waals surface area contributed by atoms with Crippen LogP contribution < -0.4 is 0 Å². The Labute approximate surface area is 107 Å². The van der Waals surface area contributed by atoms with Gasteiger partial charge >= 0.3 is 0 Å². The zero-order valence-corrected chi connectivity index (χ0v) is 11.1. The van der Waals surface area contributed by atoms with Gasteiger partial charge in [0.25, 0.3) is 0 Å². The van der Waals surface area contributed by atoms with E-state index in [0.717, 1.165) is 10.6 Å². The van der Waals surface area contributed by atoms with Crippen LogP contribution in [0.4, 0.5) is 0 Å². The summed E-state index contributed by atoms with van der Waals surface area (Å²) in [4.78, 5) is 0. The number of hydrogen-bond acceptors (Lipinski definition) is 0. The third-order valence-corrected chi connectivity index (χ3v) is 4.27. The SMILES string of the molecule is Cc1cc2c(cc1Cl)-c1ccccc1C2(C)C. The predicted molar refractivity (Wildman–Crippen MR) is 73.8 cm³/mol. The van der Waals surface area contributed by atoms with Crippen molar-refractivity contribution in [3.05, 3.63) is 58.1 Å². The van der Waals surface area contributed by atoms with E-state index in [-0.39, 0.29) is 5.41 Å². The highest BCUT2D eigenvalue weighted by Crippen LogP contribution is 2.49. The molecule has 0 amide bonds. The molecule has 1 aliphatic carbocycles. The highest BCUT2D eigenvalue weighted by molar-refractivity contribution is 6.31. The summed E-state index contributed by atoms with van der Waals surface area (Å²) < 4.78 is 0. The van der Waals surface area contributed by atoms with E-state index < -0.39 is 0 Å². The lowest BCUT2D eigenvalue weighted by atomic mass is 9.82. The Bertz CT molecular complexity index is 609. The number of rotatable bonds is 0. The van der Waals surface area contributed by atoms with Crippen molar-refractivity contribution in [1.29, 1.82) is 0 Å². The summed E-state index contributed by atoms with van der Waals surface area (Å²) in [5.41, 5.74) is 6.65. The number of fused-ring (bicyclic) bond motifs is 3. The smallest absolute Gasteiger partial charge is 0.0441 e. The van der Waals surface area contributed by atoms with Gasteiger partial charge in [0.15, 0.2) is 0 Å². The first-order valence-electron chi connectivity index (χ1n) is 5.92. The first-order valence-corrected chi connectivity index (χ1v) is 6.30. The monoisotopic (exact) mass is 242 g/mol. The fourth-order valence-corrected chi connectivity index (χ4v) is 2.99. The molecule has 0 atom stereocenters. The second kappa shape index (κ2) is 3.36. The summed E-state index contributed by atoms with van der Waals surface area (Å²) in [6.45, 7) is 6.64. The number of halogens is 1. The molecule has 0 aliphatic heterocycles. The first-order chi connectivity index (χ1) is 8.01. The van der Waals surface area contributed by atoms with Crippen molar-refractivity contribution in [1.82, 2.24) is 0 Å². The first kappa shape index (κ1) is 10.9. The second-order valence-corrected chi connectivity index (χ2v) is 5.72. The average molecular weight is 243 g/mol. The molecule has 0 bridgehead atoms. The zero-order chi connectivity index (χ0) is 12.2. The molecule has 1 heteroatoms. The number of benzene rings is 2. The third kappa shape index (κ3) is 1.37. The summed E-state index contributed by atoms with van der Waals surface area (Å²) in [6.07, 6.45) is 0. The van der Waals surface area contributed by atoms with Crippen molar-refractivity contribution in [3.8, 4) is 11.1 Å². The van der Waals surface area contributed by atoms with E-state index >= 15 is 0 Å². The fraction of sp³-hybridized carbons (Fsp3) is 0.250. The van der Waals surface area contributed by atoms with E-state index in [9.17, 15) is 0 Å². The standard InChI is InChI=1S/C16H15Cl/c1-10-8-14-12(9-15(10)17)11-6-4-5-7-13(11)16(14,2)3/h4-9H,1-3H3. The molecule has 0 unspecified atom stereocenters. The number of aryl methyl sites for hydroxylation is 1. The van der Waals surface area contributed by atoms with Crippen LogP contribution in [0.3, 0.4) is 0 Å². The van der Waals surface area contributed by atoms with Crippen LogP contribution in [0.15, 0.2) is 36.4 Å². The maximum absolute atomic E-state index is 6.25. The van der Waals surface area contributed by atoms with Crippen LogP contribution in [0.5, 0.6) is 0 Å². The highest BCUT2D eigenvalue weighted by atomic mass is 35.5. The average Bonchev–Trinajstić information content (AvgIpc) is 2.51. The van der Waals surface area contributed by atoms with Crippen LogP contribution >= 0.6 is 11.6 Å². The van der Waals surface area contributed by atoms with Gasteiger partial charge in [0.1, 0.15) is 0 Å². The van der Waals surface area contributed by atoms with Crippen LogP contribution in [0.1, 0.15) is 30.5 Å². The Hall–Kier alpha value is -1.27. The Kier molecular flexibility index (Phi) is 2.15. The van der Waals surface area contributed by atoms with Crippen LogP contribution in [-0.2, 0) is 5.41 Å². The molecule has 0 saturated carbocycles. The molecule has 0 fully saturated rings. The topological polar surface area (TPSA) is 0 Å². The van der Waals surface area contributed by atoms with Crippen molar-refractivity contribution in [2.45, 2.75) is 26.2 Å². The van der Waals surface area contributed by atoms with Gasteiger partial charge in [-0.2, -0.15) is 0 Å². The number of hydrogen-bond donors (Lipinski definition) is 0. The molecule has 0 N–H and O–H groups in total. The van der Waals surface area contributed by atoms with Gasteiger partial charge in [0, 0.05) is 10.4 Å². The van der Waals surface area contributed by atoms with Gasteiger partial charge in [-0.1, -0.05) is 55.8 Å². The van der Waals surface area contributed by atoms with Crippen LogP contribution in [-0.4, -0.2) is 0 Å². The molecule has 2 aromatic rings. The lowest BCUT2D eigenvalue weighted by Crippen LogP contribution is -2.14. The van der Waals surface area contributed by atoms with E-state index in [1.165, 1.54) is 22.3 Å². The molecule has 0 saturated heterocycles. The maximum Gasteiger partial charge on any atom is 0.0441 e. The predicted octanol–water partition coefficient (Wildman–Crippen LogP) is 4.95. The minimum Gasteiger partial charge on any atom is -0.0840 e. The van der Waals surface area contributed by atoms with E-state index in [2.05, 4.69) is 57.2 Å². The summed E-state index contributed by atoms with van der Waals surface area (Å²) >= 11 is 6.25. The molecule has 0 radical (unpaired) electrons. The normalized spacial score (nSPS) is 15.5. The lowest BCUT2D eigenvalue weighted by molar-refractivity contribution is 0.660. The Morgan fingerprint density at radius 1 is 0.941 bits per heavy atom. The molecule has 3 rings (SSSR count). The molecule has 86 valence electrons. The Balaban J connectivity index is 2.40. The van der Waals surface area contributed by atoms with Gasteiger partial charge in [-0.15, -0.1) is 0 Å². The molecule has 0 heterocycles. The Morgan fingerprint density at radius 2 is 1.65 bits per heavy atom. The van der Waals surface area contributed by atoms with Crippen molar-refractivity contribution >= 4 is 11.6 Å². The second-order valence-electron chi connectivity index (χ2n) is 5.32. The van der Waals surface area contributed by atoms with Gasteiger partial charge in [0.05, 0.1) is 0 Å². The summed E-state index contributed by atoms with van der Waals surface area (Å²) in [7, 11) is 0. The van der Waals surface area contributed by atoms with Crippen LogP contribution in [0.25, 0.3) is 11.1 Å². The molecule has 0 spiro atoms. The van der Waals surface area contributed by atoms with Crippen molar-refractivity contribution in [3.63, 3.8) is 0 Å². The lowest BCUT2D eigenvalue weighted by Gasteiger charge is -2.21. The molecule has 1 aliphatic rings. The van der Waals surface area contributed by atoms with E-state index in [1.54, 1.807) is 0 Å². The van der Waals surface area contributed by atoms with Gasteiger partial charge in [0.2, 0.25) is 0 Å². The molecule has 2 aromatic carbocycles. The summed E-state index contributed by atoms with van der Waals surface area (Å²) in [5, 5.41) is 0.858. The Morgan fingerprint density at radius 3 is 2.41 bits per heavy atom. The summed E-state index contributed by atoms with van der Waals surface area (Å²) in [6, 6.07) is 13.0. The molecule has 17 heavy (non-hydrogen) atoms. The van der Waals surface area contributed by atoms with Gasteiger partial charge in [-0.05, 0) is 40.8 Å². The molecular weight excluding hydrogens is 228 g/mol. The minimum absolute atomic E-state index is 0.0846. The third-order valence-electron chi connectivity index (χ3n) is 3.86. The zero-order valence-electron chi connectivity index (χ0n) is 10.3. The molecular formula is C16H15Cl. The summed E-state index contributed by atoms with van der Waals surface area (Å²) in [5.74, 6) is 0. The van der Waals surface area contributed by atoms with Crippen LogP contribution in [0, 0.1) is 6.92 Å². The minimum atomic E-state index is 0.0846. The van der Waals surface area contributed by atoms with E-state index in [0.29, 0.717) is 0 Å². The van der Waals surface area contributed by atoms with Gasteiger partial charge in [-0.25, -0.2) is 0 Å². The molecule has 0 nitrogen and oxygen atoms in total. The fourth-order valence-electron chi connectivity index (χ4n) is 2.83. The van der Waals surface area contributed by atoms with Crippen molar-refractivity contribution < 1.29 is 0 Å². The molecule has 0 aromatic heterocycles. The maximum atomic E-state index is 6.25. The highest BCUT2D eigenvalue weighted by Gasteiger charge is 2.35.